The fourth-order valence-corrected chi connectivity index (χ4v) is 4.16. The smallest absolute Gasteiger partial charge is 0.250 e. The molecule has 0 unspecified atom stereocenters. The highest BCUT2D eigenvalue weighted by Gasteiger charge is 2.17. The van der Waals surface area contributed by atoms with E-state index in [0.717, 1.165) is 11.3 Å². The number of nitrogens with one attached hydrogen (secondary N) is 1. The zero-order valence-electron chi connectivity index (χ0n) is 19.4. The second-order valence-electron chi connectivity index (χ2n) is 7.34. The summed E-state index contributed by atoms with van der Waals surface area (Å²) < 4.78 is 12.1. The van der Waals surface area contributed by atoms with Crippen molar-refractivity contribution in [2.45, 2.75) is 5.16 Å². The van der Waals surface area contributed by atoms with E-state index in [1.54, 1.807) is 24.3 Å². The molecule has 184 valence electrons. The van der Waals surface area contributed by atoms with Crippen LogP contribution >= 0.6 is 23.4 Å². The van der Waals surface area contributed by atoms with Crippen molar-refractivity contribution in [2.24, 2.45) is 5.10 Å². The van der Waals surface area contributed by atoms with Crippen LogP contribution in [0.25, 0.3) is 17.1 Å². The Morgan fingerprint density at radius 2 is 1.75 bits per heavy atom. The van der Waals surface area contributed by atoms with E-state index < -0.39 is 0 Å². The zero-order chi connectivity index (χ0) is 25.5. The Morgan fingerprint density at radius 1 is 1.08 bits per heavy atom. The number of halogens is 1. The molecule has 0 bridgehead atoms. The summed E-state index contributed by atoms with van der Waals surface area (Å²) in [5.41, 5.74) is 4.77. The summed E-state index contributed by atoms with van der Waals surface area (Å²) in [6, 6.07) is 20.1. The predicted molar refractivity (Wildman–Crippen MR) is 139 cm³/mol. The monoisotopic (exact) mass is 523 g/mol. The van der Waals surface area contributed by atoms with Gasteiger partial charge in [0.1, 0.15) is 0 Å². The molecule has 0 fully saturated rings. The number of methoxy groups -OCH3 is 2. The number of benzene rings is 3. The zero-order valence-corrected chi connectivity index (χ0v) is 21.0. The summed E-state index contributed by atoms with van der Waals surface area (Å²) in [7, 11) is 2.86. The van der Waals surface area contributed by atoms with Crippen LogP contribution in [-0.4, -0.2) is 52.0 Å². The fraction of sp³-hybridized carbons (Fsp3) is 0.120. The maximum Gasteiger partial charge on any atom is 0.250 e. The van der Waals surface area contributed by atoms with Gasteiger partial charge in [0.25, 0.3) is 5.91 Å². The van der Waals surface area contributed by atoms with Gasteiger partial charge in [-0.15, -0.1) is 10.2 Å². The summed E-state index contributed by atoms with van der Waals surface area (Å²) in [4.78, 5) is 12.5. The number of ether oxygens (including phenoxy) is 2. The van der Waals surface area contributed by atoms with E-state index in [1.165, 1.54) is 32.2 Å². The Morgan fingerprint density at radius 3 is 2.39 bits per heavy atom. The molecule has 0 aliphatic carbocycles. The minimum atomic E-state index is -0.329. The third-order valence-corrected chi connectivity index (χ3v) is 6.17. The molecule has 0 saturated carbocycles. The molecule has 9 nitrogen and oxygen atoms in total. The second kappa shape index (κ2) is 11.6. The number of amides is 1. The molecular weight excluding hydrogens is 502 g/mol. The highest BCUT2D eigenvalue weighted by molar-refractivity contribution is 7.99. The van der Waals surface area contributed by atoms with E-state index >= 15 is 0 Å². The van der Waals surface area contributed by atoms with Crippen LogP contribution < -0.4 is 14.9 Å². The molecule has 0 aliphatic heterocycles. The van der Waals surface area contributed by atoms with E-state index in [1.807, 2.05) is 47.0 Å². The van der Waals surface area contributed by atoms with E-state index in [9.17, 15) is 9.90 Å². The molecule has 11 heteroatoms. The van der Waals surface area contributed by atoms with Gasteiger partial charge in [-0.2, -0.15) is 5.10 Å². The number of nitrogens with zero attached hydrogens (tertiary/aromatic N) is 4. The Balaban J connectivity index is 1.48. The highest BCUT2D eigenvalue weighted by atomic mass is 35.5. The second-order valence-corrected chi connectivity index (χ2v) is 8.72. The molecule has 0 aliphatic rings. The first-order valence-corrected chi connectivity index (χ1v) is 12.0. The number of hydrazone groups is 1. The Labute approximate surface area is 216 Å². The number of carbonyl (C=O) groups excluding carboxylic acids is 1. The lowest BCUT2D eigenvalue weighted by Gasteiger charge is -2.10. The van der Waals surface area contributed by atoms with Gasteiger partial charge in [-0.05, 0) is 48.5 Å². The molecule has 0 radical (unpaired) electrons. The van der Waals surface area contributed by atoms with Gasteiger partial charge < -0.3 is 14.6 Å². The van der Waals surface area contributed by atoms with Crippen molar-refractivity contribution < 1.29 is 19.4 Å². The molecule has 0 atom stereocenters. The van der Waals surface area contributed by atoms with Crippen LogP contribution in [-0.2, 0) is 4.79 Å². The van der Waals surface area contributed by atoms with Crippen LogP contribution in [0.2, 0.25) is 5.02 Å². The van der Waals surface area contributed by atoms with Gasteiger partial charge >= 0.3 is 0 Å². The van der Waals surface area contributed by atoms with Crippen molar-refractivity contribution in [1.82, 2.24) is 20.2 Å². The molecule has 0 saturated heterocycles. The summed E-state index contributed by atoms with van der Waals surface area (Å²) in [6.07, 6.45) is 1.43. The topological polar surface area (TPSA) is 111 Å². The van der Waals surface area contributed by atoms with Crippen molar-refractivity contribution in [1.29, 1.82) is 0 Å². The van der Waals surface area contributed by atoms with Crippen molar-refractivity contribution in [3.8, 4) is 34.3 Å². The average molecular weight is 524 g/mol. The molecule has 4 rings (SSSR count). The fourth-order valence-electron chi connectivity index (χ4n) is 3.29. The third-order valence-electron chi connectivity index (χ3n) is 4.99. The molecule has 1 amide bonds. The number of para-hydroxylation sites is 1. The first-order valence-electron chi connectivity index (χ1n) is 10.7. The number of phenols is 1. The molecule has 2 N–H and O–H groups in total. The van der Waals surface area contributed by atoms with Crippen LogP contribution in [0.3, 0.4) is 0 Å². The molecule has 4 aromatic rings. The normalized spacial score (nSPS) is 11.0. The van der Waals surface area contributed by atoms with Crippen LogP contribution in [0.15, 0.2) is 77.0 Å². The van der Waals surface area contributed by atoms with Gasteiger partial charge in [-0.1, -0.05) is 41.6 Å². The van der Waals surface area contributed by atoms with Gasteiger partial charge in [0.05, 0.1) is 26.2 Å². The Bertz CT molecular complexity index is 1350. The first kappa shape index (κ1) is 25.1. The van der Waals surface area contributed by atoms with E-state index in [0.29, 0.717) is 21.6 Å². The first-order chi connectivity index (χ1) is 17.5. The van der Waals surface area contributed by atoms with Crippen molar-refractivity contribution >= 4 is 35.5 Å². The van der Waals surface area contributed by atoms with Crippen molar-refractivity contribution in [3.05, 3.63) is 77.3 Å². The number of aromatic hydroxyl groups is 1. The van der Waals surface area contributed by atoms with E-state index in [-0.39, 0.29) is 28.9 Å². The lowest BCUT2D eigenvalue weighted by Crippen LogP contribution is -2.20. The average Bonchev–Trinajstić information content (AvgIpc) is 3.33. The maximum atomic E-state index is 12.5. The Hall–Kier alpha value is -4.02. The number of phenolic OH excluding ortho intramolecular Hbond substituents is 1. The van der Waals surface area contributed by atoms with Gasteiger partial charge in [-0.25, -0.2) is 5.43 Å². The van der Waals surface area contributed by atoms with Crippen LogP contribution in [0.1, 0.15) is 5.56 Å². The van der Waals surface area contributed by atoms with Crippen molar-refractivity contribution in [3.63, 3.8) is 0 Å². The molecule has 1 heterocycles. The van der Waals surface area contributed by atoms with Gasteiger partial charge in [0, 0.05) is 21.8 Å². The summed E-state index contributed by atoms with van der Waals surface area (Å²) in [6.45, 7) is 0. The number of aromatic nitrogens is 3. The molecule has 3 aromatic carbocycles. The minimum Gasteiger partial charge on any atom is -0.502 e. The number of hydrogen-bond donors (Lipinski definition) is 2. The standard InChI is InChI=1S/C25H22ClN5O4S/c1-34-20-12-16(13-21(35-2)23(20)33)14-27-28-22(32)15-36-25-30-29-24(17-8-10-18(26)11-9-17)31(25)19-6-4-3-5-7-19/h3-14,33H,15H2,1-2H3,(H,28,32)/b27-14+. The number of carbonyl (C=O) groups is 1. The number of thioether (sulfide) groups is 1. The number of hydrogen-bond acceptors (Lipinski definition) is 8. The van der Waals surface area contributed by atoms with Gasteiger partial charge in [0.2, 0.25) is 5.75 Å². The van der Waals surface area contributed by atoms with Crippen LogP contribution in [0, 0.1) is 0 Å². The lowest BCUT2D eigenvalue weighted by molar-refractivity contribution is -0.118. The van der Waals surface area contributed by atoms with Crippen molar-refractivity contribution in [2.75, 3.05) is 20.0 Å². The third kappa shape index (κ3) is 5.78. The minimum absolute atomic E-state index is 0.0607. The predicted octanol–water partition coefficient (Wildman–Crippen LogP) is 4.55. The quantitative estimate of drug-likeness (QED) is 0.188. The van der Waals surface area contributed by atoms with E-state index in [2.05, 4.69) is 20.7 Å². The summed E-state index contributed by atoms with van der Waals surface area (Å²) >= 11 is 7.27. The Kier molecular flexibility index (Phi) is 8.09. The maximum absolute atomic E-state index is 12.5. The molecule has 36 heavy (non-hydrogen) atoms. The summed E-state index contributed by atoms with van der Waals surface area (Å²) in [5, 5.41) is 23.8. The van der Waals surface area contributed by atoms with Gasteiger partial charge in [0.15, 0.2) is 22.5 Å². The highest BCUT2D eigenvalue weighted by Crippen LogP contribution is 2.36. The van der Waals surface area contributed by atoms with Crippen LogP contribution in [0.4, 0.5) is 0 Å². The summed E-state index contributed by atoms with van der Waals surface area (Å²) in [5.74, 6) is 0.714. The van der Waals surface area contributed by atoms with E-state index in [4.69, 9.17) is 21.1 Å². The molecule has 1 aromatic heterocycles. The largest absolute Gasteiger partial charge is 0.502 e. The lowest BCUT2D eigenvalue weighted by atomic mass is 10.2. The SMILES string of the molecule is COc1cc(/C=N/NC(=O)CSc2nnc(-c3ccc(Cl)cc3)n2-c2ccccc2)cc(OC)c1O. The van der Waals surface area contributed by atoms with Crippen LogP contribution in [0.5, 0.6) is 17.2 Å². The molecule has 0 spiro atoms. The van der Waals surface area contributed by atoms with Gasteiger partial charge in [-0.3, -0.25) is 9.36 Å². The number of rotatable bonds is 9. The molecular formula is C25H22ClN5O4S.